The smallest absolute Gasteiger partial charge is 0.300 e. The number of carbonyl (C=O) groups is 2. The number of ketones is 1. The number of rotatable bonds is 4. The van der Waals surface area contributed by atoms with Gasteiger partial charge in [0.25, 0.3) is 11.7 Å². The highest BCUT2D eigenvalue weighted by atomic mass is 79.9. The fourth-order valence-corrected chi connectivity index (χ4v) is 3.94. The van der Waals surface area contributed by atoms with Gasteiger partial charge in [0.1, 0.15) is 17.3 Å². The largest absolute Gasteiger partial charge is 0.507 e. The van der Waals surface area contributed by atoms with Crippen molar-refractivity contribution in [2.75, 3.05) is 12.0 Å². The molecule has 1 fully saturated rings. The molecule has 0 spiro atoms. The van der Waals surface area contributed by atoms with Gasteiger partial charge in [-0.05, 0) is 36.4 Å². The van der Waals surface area contributed by atoms with Crippen LogP contribution in [-0.4, -0.2) is 23.9 Å². The molecule has 0 aliphatic carbocycles. The van der Waals surface area contributed by atoms with Crippen LogP contribution in [0, 0.1) is 5.82 Å². The Morgan fingerprint density at radius 2 is 1.74 bits per heavy atom. The zero-order valence-electron chi connectivity index (χ0n) is 16.4. The van der Waals surface area contributed by atoms with Gasteiger partial charge in [-0.2, -0.15) is 0 Å². The lowest BCUT2D eigenvalue weighted by Gasteiger charge is -2.26. The highest BCUT2D eigenvalue weighted by Crippen LogP contribution is 2.44. The van der Waals surface area contributed by atoms with Gasteiger partial charge in [-0.15, -0.1) is 0 Å². The van der Waals surface area contributed by atoms with Gasteiger partial charge >= 0.3 is 0 Å². The molecule has 1 atom stereocenters. The number of para-hydroxylation sites is 1. The number of methoxy groups -OCH3 is 1. The summed E-state index contributed by atoms with van der Waals surface area (Å²) in [6, 6.07) is 18.0. The Labute approximate surface area is 186 Å². The predicted octanol–water partition coefficient (Wildman–Crippen LogP) is 5.22. The lowest BCUT2D eigenvalue weighted by atomic mass is 9.94. The summed E-state index contributed by atoms with van der Waals surface area (Å²) >= 11 is 3.33. The number of anilines is 1. The summed E-state index contributed by atoms with van der Waals surface area (Å²) in [6.45, 7) is 0. The number of Topliss-reactive ketones (excluding diaryl/α,β-unsaturated/α-hetero) is 1. The molecule has 5 nitrogen and oxygen atoms in total. The van der Waals surface area contributed by atoms with Crippen LogP contribution in [0.1, 0.15) is 17.2 Å². The van der Waals surface area contributed by atoms with Crippen molar-refractivity contribution >= 4 is 39.1 Å². The van der Waals surface area contributed by atoms with Crippen LogP contribution in [-0.2, 0) is 9.59 Å². The van der Waals surface area contributed by atoms with E-state index in [2.05, 4.69) is 15.9 Å². The Morgan fingerprint density at radius 3 is 2.42 bits per heavy atom. The number of nitrogens with zero attached hydrogens (tertiary/aromatic N) is 1. The first-order valence-electron chi connectivity index (χ1n) is 9.38. The van der Waals surface area contributed by atoms with Crippen LogP contribution in [0.25, 0.3) is 5.76 Å². The van der Waals surface area contributed by atoms with E-state index in [9.17, 15) is 19.1 Å². The van der Waals surface area contributed by atoms with E-state index in [1.165, 1.54) is 36.3 Å². The first-order valence-corrected chi connectivity index (χ1v) is 10.2. The summed E-state index contributed by atoms with van der Waals surface area (Å²) in [5.74, 6) is -2.16. The quantitative estimate of drug-likeness (QED) is 0.315. The second-order valence-corrected chi connectivity index (χ2v) is 7.81. The molecular weight excluding hydrogens is 465 g/mol. The van der Waals surface area contributed by atoms with E-state index in [0.29, 0.717) is 16.9 Å². The molecule has 0 bridgehead atoms. The van der Waals surface area contributed by atoms with Gasteiger partial charge in [-0.3, -0.25) is 14.5 Å². The molecule has 7 heteroatoms. The van der Waals surface area contributed by atoms with Gasteiger partial charge in [0.15, 0.2) is 0 Å². The van der Waals surface area contributed by atoms with E-state index < -0.39 is 23.5 Å². The molecule has 0 radical (unpaired) electrons. The molecule has 31 heavy (non-hydrogen) atoms. The number of carbonyl (C=O) groups excluding carboxylic acids is 2. The lowest BCUT2D eigenvalue weighted by Crippen LogP contribution is -2.29. The zero-order chi connectivity index (χ0) is 22.1. The standard InChI is InChI=1S/C24H17BrFNO4/c1-31-19-8-3-2-7-18(19)21-20(22(28)14-9-11-15(25)12-10-14)23(29)24(30)27(21)17-6-4-5-16(26)13-17/h2-13,21,28H,1H3/b22-20+. The number of amides is 1. The number of benzene rings is 3. The van der Waals surface area contributed by atoms with Crippen LogP contribution in [0.3, 0.4) is 0 Å². The van der Waals surface area contributed by atoms with E-state index >= 15 is 0 Å². The average Bonchev–Trinajstić information content (AvgIpc) is 3.04. The van der Waals surface area contributed by atoms with Crippen molar-refractivity contribution in [2.45, 2.75) is 6.04 Å². The maximum Gasteiger partial charge on any atom is 0.300 e. The number of halogens is 2. The van der Waals surface area contributed by atoms with Crippen LogP contribution < -0.4 is 9.64 Å². The molecule has 1 saturated heterocycles. The lowest BCUT2D eigenvalue weighted by molar-refractivity contribution is -0.132. The van der Waals surface area contributed by atoms with Crippen LogP contribution >= 0.6 is 15.9 Å². The fourth-order valence-electron chi connectivity index (χ4n) is 3.67. The molecule has 3 aromatic carbocycles. The van der Waals surface area contributed by atoms with E-state index in [4.69, 9.17) is 4.74 Å². The maximum atomic E-state index is 14.0. The van der Waals surface area contributed by atoms with E-state index in [1.807, 2.05) is 0 Å². The highest BCUT2D eigenvalue weighted by Gasteiger charge is 2.48. The first kappa shape index (κ1) is 20.8. The third-order valence-electron chi connectivity index (χ3n) is 5.08. The van der Waals surface area contributed by atoms with Crippen molar-refractivity contribution in [3.05, 3.63) is 99.8 Å². The summed E-state index contributed by atoms with van der Waals surface area (Å²) in [4.78, 5) is 27.3. The Bertz CT molecular complexity index is 1210. The van der Waals surface area contributed by atoms with Gasteiger partial charge in [0.2, 0.25) is 0 Å². The third-order valence-corrected chi connectivity index (χ3v) is 5.61. The topological polar surface area (TPSA) is 66.8 Å². The summed E-state index contributed by atoms with van der Waals surface area (Å²) in [6.07, 6.45) is 0. The molecule has 1 N–H and O–H groups in total. The van der Waals surface area contributed by atoms with E-state index in [1.54, 1.807) is 48.5 Å². The summed E-state index contributed by atoms with van der Waals surface area (Å²) < 4.78 is 20.2. The van der Waals surface area contributed by atoms with Crippen molar-refractivity contribution in [3.8, 4) is 5.75 Å². The molecule has 1 heterocycles. The normalized spacial score (nSPS) is 17.8. The number of aliphatic hydroxyl groups is 1. The van der Waals surface area contributed by atoms with E-state index in [0.717, 1.165) is 4.47 Å². The van der Waals surface area contributed by atoms with Crippen LogP contribution in [0.4, 0.5) is 10.1 Å². The van der Waals surface area contributed by atoms with Gasteiger partial charge in [0.05, 0.1) is 18.7 Å². The average molecular weight is 482 g/mol. The van der Waals surface area contributed by atoms with Crippen molar-refractivity contribution < 1.29 is 23.8 Å². The van der Waals surface area contributed by atoms with Crippen molar-refractivity contribution in [2.24, 2.45) is 0 Å². The SMILES string of the molecule is COc1ccccc1C1/C(=C(\O)c2ccc(Br)cc2)C(=O)C(=O)N1c1cccc(F)c1. The van der Waals surface area contributed by atoms with Crippen molar-refractivity contribution in [1.29, 1.82) is 0 Å². The number of hydrogen-bond donors (Lipinski definition) is 1. The Kier molecular flexibility index (Phi) is 5.61. The number of hydrogen-bond acceptors (Lipinski definition) is 4. The van der Waals surface area contributed by atoms with E-state index in [-0.39, 0.29) is 17.0 Å². The molecule has 1 amide bonds. The molecule has 3 aromatic rings. The monoisotopic (exact) mass is 481 g/mol. The van der Waals surface area contributed by atoms with Crippen molar-refractivity contribution in [3.63, 3.8) is 0 Å². The fraction of sp³-hybridized carbons (Fsp3) is 0.0833. The summed E-state index contributed by atoms with van der Waals surface area (Å²) in [7, 11) is 1.47. The van der Waals surface area contributed by atoms with Crippen molar-refractivity contribution in [1.82, 2.24) is 0 Å². The van der Waals surface area contributed by atoms with Crippen LogP contribution in [0.5, 0.6) is 5.75 Å². The second-order valence-electron chi connectivity index (χ2n) is 6.90. The minimum atomic E-state index is -0.999. The summed E-state index contributed by atoms with van der Waals surface area (Å²) in [5.41, 5.74) is 0.974. The van der Waals surface area contributed by atoms with Gasteiger partial charge < -0.3 is 9.84 Å². The molecule has 0 aromatic heterocycles. The van der Waals surface area contributed by atoms with Gasteiger partial charge in [0, 0.05) is 21.3 Å². The zero-order valence-corrected chi connectivity index (χ0v) is 18.0. The Hall–Kier alpha value is -3.45. The molecule has 1 aliphatic rings. The van der Waals surface area contributed by atoms with Crippen LogP contribution in [0.15, 0.2) is 82.8 Å². The molecule has 4 rings (SSSR count). The minimum absolute atomic E-state index is 0.0962. The summed E-state index contributed by atoms with van der Waals surface area (Å²) in [5, 5.41) is 11.1. The molecular formula is C24H17BrFNO4. The second kappa shape index (κ2) is 8.35. The molecule has 1 aliphatic heterocycles. The highest BCUT2D eigenvalue weighted by molar-refractivity contribution is 9.10. The first-order chi connectivity index (χ1) is 14.9. The number of aliphatic hydroxyl groups excluding tert-OH is 1. The molecule has 0 saturated carbocycles. The third kappa shape index (κ3) is 3.72. The van der Waals surface area contributed by atoms with Gasteiger partial charge in [-0.25, -0.2) is 4.39 Å². The van der Waals surface area contributed by atoms with Gasteiger partial charge in [-0.1, -0.05) is 52.3 Å². The van der Waals surface area contributed by atoms with Crippen LogP contribution in [0.2, 0.25) is 0 Å². The Balaban J connectivity index is 1.99. The minimum Gasteiger partial charge on any atom is -0.507 e. The predicted molar refractivity (Wildman–Crippen MR) is 118 cm³/mol. The Morgan fingerprint density at radius 1 is 1.03 bits per heavy atom. The maximum absolute atomic E-state index is 14.0. The molecule has 1 unspecified atom stereocenters. The number of ether oxygens (including phenoxy) is 1. The molecule has 156 valence electrons.